The lowest BCUT2D eigenvalue weighted by Gasteiger charge is -2.37. The van der Waals surface area contributed by atoms with E-state index in [4.69, 9.17) is 4.74 Å². The summed E-state index contributed by atoms with van der Waals surface area (Å²) in [7, 11) is -3.47. The van der Waals surface area contributed by atoms with Crippen molar-refractivity contribution in [1.29, 1.82) is 0 Å². The predicted octanol–water partition coefficient (Wildman–Crippen LogP) is 3.31. The van der Waals surface area contributed by atoms with Gasteiger partial charge in [-0.1, -0.05) is 19.1 Å². The Morgan fingerprint density at radius 2 is 1.59 bits per heavy atom. The van der Waals surface area contributed by atoms with Gasteiger partial charge < -0.3 is 14.5 Å². The Morgan fingerprint density at radius 1 is 1.03 bits per heavy atom. The summed E-state index contributed by atoms with van der Waals surface area (Å²) in [5.41, 5.74) is 1.27. The molecular formula is C21H35N3O4S. The van der Waals surface area contributed by atoms with Gasteiger partial charge in [-0.05, 0) is 58.7 Å². The lowest BCUT2D eigenvalue weighted by molar-refractivity contribution is 0.0240. The third-order valence-corrected chi connectivity index (χ3v) is 7.24. The molecule has 0 spiro atoms. The number of amides is 1. The highest BCUT2D eigenvalue weighted by Crippen LogP contribution is 2.30. The van der Waals surface area contributed by atoms with E-state index in [-0.39, 0.29) is 6.09 Å². The second kappa shape index (κ2) is 8.92. The maximum absolute atomic E-state index is 12.6. The fraction of sp³-hybridized carbons (Fsp3) is 0.667. The summed E-state index contributed by atoms with van der Waals surface area (Å²) in [6.45, 7) is 14.0. The lowest BCUT2D eigenvalue weighted by atomic mass is 10.0. The summed E-state index contributed by atoms with van der Waals surface area (Å²) in [4.78, 5) is 16.1. The van der Waals surface area contributed by atoms with Crippen molar-refractivity contribution >= 4 is 21.8 Å². The number of hydrogen-bond donors (Lipinski definition) is 1. The van der Waals surface area contributed by atoms with Crippen molar-refractivity contribution in [2.75, 3.05) is 37.6 Å². The normalized spacial score (nSPS) is 16.1. The number of carbonyl (C=O) groups excluding carboxylic acids is 1. The highest BCUT2D eigenvalue weighted by molar-refractivity contribution is 7.90. The number of hydrogen-bond acceptors (Lipinski definition) is 5. The largest absolute Gasteiger partial charge is 0.444 e. The number of rotatable bonds is 6. The van der Waals surface area contributed by atoms with Gasteiger partial charge in [0.2, 0.25) is 10.0 Å². The molecule has 0 aromatic heterocycles. The number of nitrogens with zero attached hydrogens (tertiary/aromatic N) is 2. The van der Waals surface area contributed by atoms with Crippen LogP contribution in [0.25, 0.3) is 0 Å². The molecule has 29 heavy (non-hydrogen) atoms. The molecule has 1 fully saturated rings. The van der Waals surface area contributed by atoms with Crippen LogP contribution in [-0.4, -0.2) is 57.7 Å². The van der Waals surface area contributed by atoms with Gasteiger partial charge in [0.25, 0.3) is 0 Å². The average Bonchev–Trinajstić information content (AvgIpc) is 2.65. The van der Waals surface area contributed by atoms with Crippen molar-refractivity contribution in [2.24, 2.45) is 0 Å². The molecule has 2 rings (SSSR count). The van der Waals surface area contributed by atoms with E-state index >= 15 is 0 Å². The Balaban J connectivity index is 2.02. The van der Waals surface area contributed by atoms with E-state index < -0.39 is 20.4 Å². The highest BCUT2D eigenvalue weighted by Gasteiger charge is 2.35. The summed E-state index contributed by atoms with van der Waals surface area (Å²) in [5, 5.41) is 0. The molecule has 1 saturated heterocycles. The molecule has 0 bridgehead atoms. The van der Waals surface area contributed by atoms with Gasteiger partial charge in [0.05, 0.1) is 0 Å². The van der Waals surface area contributed by atoms with Gasteiger partial charge >= 0.3 is 6.09 Å². The van der Waals surface area contributed by atoms with Gasteiger partial charge in [-0.3, -0.25) is 0 Å². The Kier molecular flexibility index (Phi) is 7.22. The Hall–Kier alpha value is -1.80. The van der Waals surface area contributed by atoms with E-state index in [9.17, 15) is 13.2 Å². The van der Waals surface area contributed by atoms with Crippen molar-refractivity contribution < 1.29 is 17.9 Å². The molecule has 7 nitrogen and oxygen atoms in total. The fourth-order valence-electron chi connectivity index (χ4n) is 3.12. The maximum atomic E-state index is 12.6. The Labute approximate surface area is 175 Å². The maximum Gasteiger partial charge on any atom is 0.410 e. The van der Waals surface area contributed by atoms with Crippen LogP contribution < -0.4 is 9.62 Å². The first-order chi connectivity index (χ1) is 13.4. The van der Waals surface area contributed by atoms with Crippen molar-refractivity contribution in [3.8, 4) is 0 Å². The second-order valence-electron chi connectivity index (χ2n) is 8.91. The topological polar surface area (TPSA) is 79.0 Å². The van der Waals surface area contributed by atoms with Crippen LogP contribution in [0.15, 0.2) is 24.3 Å². The Bertz CT molecular complexity index is 790. The molecule has 0 unspecified atom stereocenters. The van der Waals surface area contributed by atoms with Crippen LogP contribution in [0, 0.1) is 0 Å². The molecule has 164 valence electrons. The molecule has 1 amide bonds. The third kappa shape index (κ3) is 5.85. The summed E-state index contributed by atoms with van der Waals surface area (Å²) < 4.78 is 32.3. The molecule has 1 aromatic carbocycles. The monoisotopic (exact) mass is 425 g/mol. The van der Waals surface area contributed by atoms with Gasteiger partial charge in [0.1, 0.15) is 10.3 Å². The summed E-state index contributed by atoms with van der Waals surface area (Å²) in [5.74, 6) is 0. The smallest absolute Gasteiger partial charge is 0.410 e. The first-order valence-electron chi connectivity index (χ1n) is 10.2. The lowest BCUT2D eigenvalue weighted by Crippen LogP contribution is -2.50. The first-order valence-corrected chi connectivity index (χ1v) is 11.7. The molecule has 1 N–H and O–H groups in total. The van der Waals surface area contributed by atoms with E-state index in [1.54, 1.807) is 18.7 Å². The molecule has 1 heterocycles. The Morgan fingerprint density at radius 3 is 2.07 bits per heavy atom. The molecule has 1 aliphatic rings. The summed E-state index contributed by atoms with van der Waals surface area (Å²) >= 11 is 0. The van der Waals surface area contributed by atoms with Gasteiger partial charge in [-0.15, -0.1) is 0 Å². The SMILES string of the molecule is CCCNS(=O)(=O)C(C)(C)c1ccc(N2CCN(C(=O)OC(C)(C)C)CC2)cc1. The van der Waals surface area contributed by atoms with Crippen LogP contribution >= 0.6 is 0 Å². The molecule has 0 atom stereocenters. The third-order valence-electron chi connectivity index (χ3n) is 5.07. The van der Waals surface area contributed by atoms with Crippen LogP contribution in [0.5, 0.6) is 0 Å². The zero-order valence-corrected chi connectivity index (χ0v) is 19.3. The van der Waals surface area contributed by atoms with Crippen molar-refractivity contribution in [3.05, 3.63) is 29.8 Å². The summed E-state index contributed by atoms with van der Waals surface area (Å²) in [6, 6.07) is 7.66. The molecule has 0 aliphatic carbocycles. The number of ether oxygens (including phenoxy) is 1. The zero-order chi connectivity index (χ0) is 21.9. The van der Waals surface area contributed by atoms with Gasteiger partial charge in [-0.25, -0.2) is 17.9 Å². The van der Waals surface area contributed by atoms with Gasteiger partial charge in [0.15, 0.2) is 0 Å². The quantitative estimate of drug-likeness (QED) is 0.756. The van der Waals surface area contributed by atoms with E-state index in [1.165, 1.54) is 0 Å². The fourth-order valence-corrected chi connectivity index (χ4v) is 4.40. The van der Waals surface area contributed by atoms with Crippen LogP contribution in [0.2, 0.25) is 0 Å². The molecule has 0 radical (unpaired) electrons. The van der Waals surface area contributed by atoms with Crippen LogP contribution in [0.1, 0.15) is 53.5 Å². The molecule has 1 aliphatic heterocycles. The first kappa shape index (κ1) is 23.5. The van der Waals surface area contributed by atoms with Crippen LogP contribution in [0.3, 0.4) is 0 Å². The van der Waals surface area contributed by atoms with Crippen molar-refractivity contribution in [2.45, 2.75) is 58.3 Å². The van der Waals surface area contributed by atoms with Crippen LogP contribution in [0.4, 0.5) is 10.5 Å². The molecule has 1 aromatic rings. The van der Waals surface area contributed by atoms with Crippen molar-refractivity contribution in [3.63, 3.8) is 0 Å². The number of piperazine rings is 1. The van der Waals surface area contributed by atoms with E-state index in [2.05, 4.69) is 9.62 Å². The average molecular weight is 426 g/mol. The minimum absolute atomic E-state index is 0.279. The number of nitrogens with one attached hydrogen (secondary N) is 1. The summed E-state index contributed by atoms with van der Waals surface area (Å²) in [6.07, 6.45) is 0.475. The number of sulfonamides is 1. The molecule has 8 heteroatoms. The highest BCUT2D eigenvalue weighted by atomic mass is 32.2. The van der Waals surface area contributed by atoms with Crippen molar-refractivity contribution in [1.82, 2.24) is 9.62 Å². The molecule has 0 saturated carbocycles. The number of benzene rings is 1. The van der Waals surface area contributed by atoms with E-state index in [0.717, 1.165) is 17.7 Å². The predicted molar refractivity (Wildman–Crippen MR) is 117 cm³/mol. The number of carbonyl (C=O) groups is 1. The van der Waals surface area contributed by atoms with Crippen LogP contribution in [-0.2, 0) is 19.5 Å². The van der Waals surface area contributed by atoms with E-state index in [0.29, 0.717) is 32.7 Å². The van der Waals surface area contributed by atoms with Gasteiger partial charge in [0, 0.05) is 38.4 Å². The minimum atomic E-state index is -3.47. The second-order valence-corrected chi connectivity index (χ2v) is 11.2. The van der Waals surface area contributed by atoms with Gasteiger partial charge in [-0.2, -0.15) is 0 Å². The standard InChI is InChI=1S/C21H35N3O4S/c1-7-12-22-29(26,27)21(5,6)17-8-10-18(11-9-17)23-13-15-24(16-14-23)19(25)28-20(2,3)4/h8-11,22H,7,12-16H2,1-6H3. The number of anilines is 1. The zero-order valence-electron chi connectivity index (χ0n) is 18.5. The van der Waals surface area contributed by atoms with E-state index in [1.807, 2.05) is 52.0 Å². The molecular weight excluding hydrogens is 390 g/mol. The minimum Gasteiger partial charge on any atom is -0.444 e.